The third-order valence-corrected chi connectivity index (χ3v) is 4.86. The zero-order valence-corrected chi connectivity index (χ0v) is 16.3. The van der Waals surface area contributed by atoms with Gasteiger partial charge in [0.05, 0.1) is 0 Å². The highest BCUT2D eigenvalue weighted by atomic mass is 19.4. The molecule has 0 bridgehead atoms. The molecule has 0 saturated carbocycles. The average molecular weight is 386 g/mol. The molecule has 1 atom stereocenters. The average Bonchev–Trinajstić information content (AvgIpc) is 2.64. The van der Waals surface area contributed by atoms with Crippen molar-refractivity contribution in [3.05, 3.63) is 35.5 Å². The van der Waals surface area contributed by atoms with E-state index in [0.29, 0.717) is 24.2 Å². The third kappa shape index (κ3) is 7.23. The summed E-state index contributed by atoms with van der Waals surface area (Å²) in [5.74, 6) is -1.09. The van der Waals surface area contributed by atoms with Gasteiger partial charge in [-0.1, -0.05) is 18.2 Å². The number of alkyl halides is 3. The Hall–Kier alpha value is -2.05. The number of rotatable bonds is 7. The summed E-state index contributed by atoms with van der Waals surface area (Å²) in [7, 11) is 1.46. The Labute approximate surface area is 159 Å². The summed E-state index contributed by atoms with van der Waals surface area (Å²) in [6, 6.07) is 0. The number of hydrogen-bond acceptors (Lipinski definition) is 2. The van der Waals surface area contributed by atoms with Crippen molar-refractivity contribution in [2.24, 2.45) is 5.92 Å². The first-order valence-corrected chi connectivity index (χ1v) is 9.19. The SMILES string of the molecule is C=C(/C=C(\C(C)=C/C)C(CC(=O)NC)CC(=O)N1CCCCC1)C(F)(F)F. The Morgan fingerprint density at radius 1 is 1.19 bits per heavy atom. The smallest absolute Gasteiger partial charge is 0.359 e. The van der Waals surface area contributed by atoms with E-state index >= 15 is 0 Å². The molecule has 0 aliphatic carbocycles. The molecular weight excluding hydrogens is 357 g/mol. The van der Waals surface area contributed by atoms with Crippen LogP contribution in [0.15, 0.2) is 35.5 Å². The Morgan fingerprint density at radius 3 is 2.26 bits per heavy atom. The van der Waals surface area contributed by atoms with Crippen LogP contribution in [0.5, 0.6) is 0 Å². The maximum atomic E-state index is 13.0. The summed E-state index contributed by atoms with van der Waals surface area (Å²) in [5, 5.41) is 2.49. The Kier molecular flexibility index (Phi) is 8.79. The summed E-state index contributed by atoms with van der Waals surface area (Å²) < 4.78 is 39.0. The van der Waals surface area contributed by atoms with Gasteiger partial charge in [0.25, 0.3) is 0 Å². The van der Waals surface area contributed by atoms with Crippen LogP contribution in [-0.4, -0.2) is 43.0 Å². The molecule has 0 radical (unpaired) electrons. The third-order valence-electron chi connectivity index (χ3n) is 4.86. The standard InChI is InChI=1S/C20H29F3N2O2/c1-5-14(2)17(11-15(3)20(21,22)23)16(12-18(26)24-4)13-19(27)25-9-7-6-8-10-25/h5,11,16H,3,6-10,12-13H2,1-2,4H3,(H,24,26)/b14-5-,17-11+. The molecule has 1 saturated heterocycles. The largest absolute Gasteiger partial charge is 0.415 e. The number of carbonyl (C=O) groups is 2. The van der Waals surface area contributed by atoms with Gasteiger partial charge in [0.1, 0.15) is 0 Å². The number of nitrogens with zero attached hydrogens (tertiary/aromatic N) is 1. The highest BCUT2D eigenvalue weighted by Crippen LogP contribution is 2.32. The molecule has 2 amide bonds. The summed E-state index contributed by atoms with van der Waals surface area (Å²) in [5.41, 5.74) is -0.0689. The van der Waals surface area contributed by atoms with Crippen molar-refractivity contribution in [1.29, 1.82) is 0 Å². The number of piperidine rings is 1. The number of allylic oxidation sites excluding steroid dienone is 5. The zero-order valence-electron chi connectivity index (χ0n) is 16.3. The predicted molar refractivity (Wildman–Crippen MR) is 99.9 cm³/mol. The Balaban J connectivity index is 3.18. The lowest BCUT2D eigenvalue weighted by Crippen LogP contribution is -2.37. The van der Waals surface area contributed by atoms with Gasteiger partial charge in [-0.05, 0) is 44.8 Å². The van der Waals surface area contributed by atoms with E-state index in [4.69, 9.17) is 0 Å². The first kappa shape index (κ1) is 23.0. The molecule has 0 spiro atoms. The molecule has 0 aromatic heterocycles. The second-order valence-corrected chi connectivity index (χ2v) is 6.81. The lowest BCUT2D eigenvalue weighted by molar-refractivity contribution is -0.133. The fourth-order valence-electron chi connectivity index (χ4n) is 3.09. The van der Waals surface area contributed by atoms with Gasteiger partial charge in [-0.15, -0.1) is 0 Å². The van der Waals surface area contributed by atoms with E-state index in [9.17, 15) is 22.8 Å². The van der Waals surface area contributed by atoms with Gasteiger partial charge in [0, 0.05) is 44.5 Å². The summed E-state index contributed by atoms with van der Waals surface area (Å²) in [6.07, 6.45) is 0.936. The molecule has 1 rings (SSSR count). The number of hydrogen-bond donors (Lipinski definition) is 1. The highest BCUT2D eigenvalue weighted by Gasteiger charge is 2.32. The lowest BCUT2D eigenvalue weighted by Gasteiger charge is -2.29. The minimum Gasteiger partial charge on any atom is -0.359 e. The van der Waals surface area contributed by atoms with Gasteiger partial charge in [-0.3, -0.25) is 9.59 Å². The van der Waals surface area contributed by atoms with Crippen LogP contribution in [0.3, 0.4) is 0 Å². The number of nitrogens with one attached hydrogen (secondary N) is 1. The number of amides is 2. The summed E-state index contributed by atoms with van der Waals surface area (Å²) in [6.45, 7) is 7.81. The van der Waals surface area contributed by atoms with Crippen molar-refractivity contribution in [3.8, 4) is 0 Å². The maximum absolute atomic E-state index is 13.0. The minimum atomic E-state index is -4.56. The van der Waals surface area contributed by atoms with Crippen molar-refractivity contribution < 1.29 is 22.8 Å². The first-order chi connectivity index (χ1) is 12.6. The van der Waals surface area contributed by atoms with E-state index in [1.807, 2.05) is 0 Å². The van der Waals surface area contributed by atoms with Crippen LogP contribution in [-0.2, 0) is 9.59 Å². The quantitative estimate of drug-likeness (QED) is 0.668. The van der Waals surface area contributed by atoms with Crippen molar-refractivity contribution in [2.45, 2.75) is 52.1 Å². The molecule has 0 aromatic carbocycles. The van der Waals surface area contributed by atoms with E-state index < -0.39 is 17.7 Å². The minimum absolute atomic E-state index is 0.00439. The molecule has 7 heteroatoms. The van der Waals surface area contributed by atoms with Crippen molar-refractivity contribution in [1.82, 2.24) is 10.2 Å². The maximum Gasteiger partial charge on any atom is 0.415 e. The highest BCUT2D eigenvalue weighted by molar-refractivity contribution is 5.80. The van der Waals surface area contributed by atoms with Crippen LogP contribution in [0.4, 0.5) is 13.2 Å². The van der Waals surface area contributed by atoms with E-state index in [2.05, 4.69) is 11.9 Å². The number of halogens is 3. The first-order valence-electron chi connectivity index (χ1n) is 9.19. The molecule has 0 aromatic rings. The predicted octanol–water partition coefficient (Wildman–Crippen LogP) is 4.15. The van der Waals surface area contributed by atoms with Crippen LogP contribution >= 0.6 is 0 Å². The second kappa shape index (κ2) is 10.3. The number of carbonyl (C=O) groups excluding carboxylic acids is 2. The van der Waals surface area contributed by atoms with E-state index in [1.165, 1.54) is 7.05 Å². The van der Waals surface area contributed by atoms with E-state index in [-0.39, 0.29) is 24.7 Å². The topological polar surface area (TPSA) is 49.4 Å². The van der Waals surface area contributed by atoms with Crippen molar-refractivity contribution in [3.63, 3.8) is 0 Å². The van der Waals surface area contributed by atoms with Gasteiger partial charge >= 0.3 is 6.18 Å². The number of likely N-dealkylation sites (tertiary alicyclic amines) is 1. The van der Waals surface area contributed by atoms with Gasteiger partial charge in [-0.25, -0.2) is 0 Å². The molecule has 1 unspecified atom stereocenters. The van der Waals surface area contributed by atoms with Crippen LogP contribution in [0.2, 0.25) is 0 Å². The fourth-order valence-corrected chi connectivity index (χ4v) is 3.09. The van der Waals surface area contributed by atoms with Gasteiger partial charge in [-0.2, -0.15) is 13.2 Å². The van der Waals surface area contributed by atoms with E-state index in [1.54, 1.807) is 24.8 Å². The second-order valence-electron chi connectivity index (χ2n) is 6.81. The Bertz CT molecular complexity index is 615. The lowest BCUT2D eigenvalue weighted by atomic mass is 9.85. The van der Waals surface area contributed by atoms with E-state index in [0.717, 1.165) is 25.3 Å². The molecular formula is C20H29F3N2O2. The summed E-state index contributed by atoms with van der Waals surface area (Å²) in [4.78, 5) is 26.4. The summed E-state index contributed by atoms with van der Waals surface area (Å²) >= 11 is 0. The van der Waals surface area contributed by atoms with Crippen molar-refractivity contribution in [2.75, 3.05) is 20.1 Å². The van der Waals surface area contributed by atoms with Gasteiger partial charge < -0.3 is 10.2 Å². The van der Waals surface area contributed by atoms with Crippen LogP contribution in [0.25, 0.3) is 0 Å². The monoisotopic (exact) mass is 386 g/mol. The molecule has 1 aliphatic heterocycles. The van der Waals surface area contributed by atoms with Crippen LogP contribution in [0.1, 0.15) is 46.0 Å². The zero-order chi connectivity index (χ0) is 20.6. The van der Waals surface area contributed by atoms with Gasteiger partial charge in [0.15, 0.2) is 0 Å². The fraction of sp³-hybridized carbons (Fsp3) is 0.600. The molecule has 1 fully saturated rings. The van der Waals surface area contributed by atoms with Crippen LogP contribution < -0.4 is 5.32 Å². The Morgan fingerprint density at radius 2 is 1.78 bits per heavy atom. The molecule has 1 N–H and O–H groups in total. The van der Waals surface area contributed by atoms with Crippen molar-refractivity contribution >= 4 is 11.8 Å². The molecule has 4 nitrogen and oxygen atoms in total. The molecule has 152 valence electrons. The molecule has 27 heavy (non-hydrogen) atoms. The normalized spacial score (nSPS) is 17.5. The van der Waals surface area contributed by atoms with Crippen LogP contribution in [0, 0.1) is 5.92 Å². The molecule has 1 aliphatic rings. The van der Waals surface area contributed by atoms with Gasteiger partial charge in [0.2, 0.25) is 11.8 Å². The molecule has 1 heterocycles.